The highest BCUT2D eigenvalue weighted by Crippen LogP contribution is 2.28. The first-order valence-corrected chi connectivity index (χ1v) is 6.58. The summed E-state index contributed by atoms with van der Waals surface area (Å²) in [6.07, 6.45) is 6.26. The number of aromatic nitrogens is 1. The second kappa shape index (κ2) is 6.15. The van der Waals surface area contributed by atoms with Crippen molar-refractivity contribution in [1.29, 1.82) is 0 Å². The highest BCUT2D eigenvalue weighted by atomic mass is 14.9. The Hall–Kier alpha value is -0.890. The van der Waals surface area contributed by atoms with Crippen molar-refractivity contribution in [2.75, 3.05) is 6.54 Å². The predicted octanol–water partition coefficient (Wildman–Crippen LogP) is 3.87. The fourth-order valence-corrected chi connectivity index (χ4v) is 2.03. The zero-order valence-corrected chi connectivity index (χ0v) is 11.9. The fraction of sp³-hybridized carbons (Fsp3) is 0.667. The van der Waals surface area contributed by atoms with E-state index in [0.717, 1.165) is 6.54 Å². The van der Waals surface area contributed by atoms with E-state index < -0.39 is 0 Å². The van der Waals surface area contributed by atoms with Crippen molar-refractivity contribution in [2.24, 2.45) is 5.41 Å². The molecule has 1 rings (SSSR count). The lowest BCUT2D eigenvalue weighted by Crippen LogP contribution is -2.23. The van der Waals surface area contributed by atoms with Crippen LogP contribution >= 0.6 is 0 Å². The van der Waals surface area contributed by atoms with Gasteiger partial charge in [-0.15, -0.1) is 0 Å². The van der Waals surface area contributed by atoms with Gasteiger partial charge in [0.2, 0.25) is 0 Å². The molecule has 96 valence electrons. The molecule has 1 atom stereocenters. The smallest absolute Gasteiger partial charge is 0.0338 e. The molecule has 0 saturated carbocycles. The Morgan fingerprint density at radius 1 is 1.35 bits per heavy atom. The van der Waals surface area contributed by atoms with Gasteiger partial charge in [-0.1, -0.05) is 27.7 Å². The Morgan fingerprint density at radius 3 is 2.59 bits per heavy atom. The molecule has 17 heavy (non-hydrogen) atoms. The summed E-state index contributed by atoms with van der Waals surface area (Å²) in [5, 5.41) is 3.57. The highest BCUT2D eigenvalue weighted by molar-refractivity contribution is 5.25. The Bertz CT molecular complexity index is 339. The van der Waals surface area contributed by atoms with E-state index in [-0.39, 0.29) is 0 Å². The zero-order valence-electron chi connectivity index (χ0n) is 11.9. The second-order valence-corrected chi connectivity index (χ2v) is 5.94. The minimum Gasteiger partial charge on any atom is -0.310 e. The topological polar surface area (TPSA) is 24.9 Å². The molecule has 0 radical (unpaired) electrons. The predicted molar refractivity (Wildman–Crippen MR) is 74.1 cm³/mol. The van der Waals surface area contributed by atoms with Crippen LogP contribution in [0.2, 0.25) is 0 Å². The lowest BCUT2D eigenvalue weighted by molar-refractivity contribution is 0.333. The van der Waals surface area contributed by atoms with Gasteiger partial charge in [-0.3, -0.25) is 4.98 Å². The van der Waals surface area contributed by atoms with Gasteiger partial charge < -0.3 is 5.32 Å². The molecule has 0 fully saturated rings. The van der Waals surface area contributed by atoms with Crippen molar-refractivity contribution < 1.29 is 0 Å². The first-order chi connectivity index (χ1) is 7.94. The summed E-state index contributed by atoms with van der Waals surface area (Å²) in [5.74, 6) is 0. The quantitative estimate of drug-likeness (QED) is 0.836. The molecule has 1 aromatic rings. The van der Waals surface area contributed by atoms with Crippen LogP contribution in [0.15, 0.2) is 18.5 Å². The van der Waals surface area contributed by atoms with E-state index >= 15 is 0 Å². The molecule has 2 nitrogen and oxygen atoms in total. The van der Waals surface area contributed by atoms with Crippen molar-refractivity contribution in [2.45, 2.75) is 53.5 Å². The number of hydrogen-bond donors (Lipinski definition) is 1. The summed E-state index contributed by atoms with van der Waals surface area (Å²) < 4.78 is 0. The summed E-state index contributed by atoms with van der Waals surface area (Å²) in [6.45, 7) is 12.2. The first-order valence-electron chi connectivity index (χ1n) is 6.58. The number of hydrogen-bond acceptors (Lipinski definition) is 2. The van der Waals surface area contributed by atoms with Gasteiger partial charge in [-0.05, 0) is 48.9 Å². The van der Waals surface area contributed by atoms with Crippen LogP contribution in [0.25, 0.3) is 0 Å². The van der Waals surface area contributed by atoms with E-state index in [0.29, 0.717) is 11.5 Å². The van der Waals surface area contributed by atoms with Crippen LogP contribution in [-0.2, 0) is 0 Å². The van der Waals surface area contributed by atoms with E-state index in [1.165, 1.54) is 24.0 Å². The molecule has 2 heteroatoms. The fourth-order valence-electron chi connectivity index (χ4n) is 2.03. The Kier molecular flexibility index (Phi) is 5.13. The monoisotopic (exact) mass is 234 g/mol. The third kappa shape index (κ3) is 4.86. The van der Waals surface area contributed by atoms with Gasteiger partial charge in [0.1, 0.15) is 0 Å². The highest BCUT2D eigenvalue weighted by Gasteiger charge is 2.17. The molecule has 1 N–H and O–H groups in total. The first kappa shape index (κ1) is 14.2. The minimum atomic E-state index is 0.393. The molecule has 0 aliphatic carbocycles. The standard InChI is InChI=1S/C15H26N2/c1-6-17-14(7-9-15(3,4)5)13-11-16-10-8-12(13)2/h8,10-11,14,17H,6-7,9H2,1-5H3. The van der Waals surface area contributed by atoms with Gasteiger partial charge in [-0.2, -0.15) is 0 Å². The summed E-state index contributed by atoms with van der Waals surface area (Å²) in [6, 6.07) is 2.53. The SMILES string of the molecule is CCNC(CCC(C)(C)C)c1cnccc1C. The maximum Gasteiger partial charge on any atom is 0.0338 e. The summed E-state index contributed by atoms with van der Waals surface area (Å²) in [5.41, 5.74) is 3.07. The second-order valence-electron chi connectivity index (χ2n) is 5.94. The average molecular weight is 234 g/mol. The molecule has 1 heterocycles. The third-order valence-electron chi connectivity index (χ3n) is 3.09. The van der Waals surface area contributed by atoms with E-state index in [1.54, 1.807) is 0 Å². The van der Waals surface area contributed by atoms with Gasteiger partial charge in [0.05, 0.1) is 0 Å². The Morgan fingerprint density at radius 2 is 2.06 bits per heavy atom. The largest absolute Gasteiger partial charge is 0.310 e. The van der Waals surface area contributed by atoms with Crippen molar-refractivity contribution >= 4 is 0 Å². The van der Waals surface area contributed by atoms with E-state index in [4.69, 9.17) is 0 Å². The maximum absolute atomic E-state index is 4.25. The normalized spacial score (nSPS) is 13.7. The number of pyridine rings is 1. The molecular formula is C15H26N2. The van der Waals surface area contributed by atoms with Crippen molar-refractivity contribution in [3.63, 3.8) is 0 Å². The lowest BCUT2D eigenvalue weighted by Gasteiger charge is -2.24. The number of nitrogens with one attached hydrogen (secondary N) is 1. The zero-order chi connectivity index (χ0) is 12.9. The molecule has 1 aromatic heterocycles. The summed E-state index contributed by atoms with van der Waals surface area (Å²) in [4.78, 5) is 4.25. The van der Waals surface area contributed by atoms with Crippen LogP contribution in [0.3, 0.4) is 0 Å². The van der Waals surface area contributed by atoms with Crippen LogP contribution in [0, 0.1) is 12.3 Å². The average Bonchev–Trinajstić information content (AvgIpc) is 2.24. The molecule has 0 aliphatic heterocycles. The van der Waals surface area contributed by atoms with E-state index in [2.05, 4.69) is 51.0 Å². The van der Waals surface area contributed by atoms with Crippen LogP contribution in [-0.4, -0.2) is 11.5 Å². The van der Waals surface area contributed by atoms with Crippen LogP contribution in [0.1, 0.15) is 57.7 Å². The van der Waals surface area contributed by atoms with Crippen LogP contribution in [0.4, 0.5) is 0 Å². The molecule has 0 saturated heterocycles. The van der Waals surface area contributed by atoms with Crippen LogP contribution in [0.5, 0.6) is 0 Å². The van der Waals surface area contributed by atoms with E-state index in [9.17, 15) is 0 Å². The third-order valence-corrected chi connectivity index (χ3v) is 3.09. The molecular weight excluding hydrogens is 208 g/mol. The van der Waals surface area contributed by atoms with E-state index in [1.807, 2.05) is 12.4 Å². The molecule has 0 amide bonds. The van der Waals surface area contributed by atoms with Crippen molar-refractivity contribution in [1.82, 2.24) is 10.3 Å². The minimum absolute atomic E-state index is 0.393. The van der Waals surface area contributed by atoms with Crippen LogP contribution < -0.4 is 5.32 Å². The summed E-state index contributed by atoms with van der Waals surface area (Å²) >= 11 is 0. The number of rotatable bonds is 5. The molecule has 0 aromatic carbocycles. The van der Waals surface area contributed by atoms with Crippen molar-refractivity contribution in [3.05, 3.63) is 29.6 Å². The molecule has 0 bridgehead atoms. The number of nitrogens with zero attached hydrogens (tertiary/aromatic N) is 1. The van der Waals surface area contributed by atoms with Gasteiger partial charge >= 0.3 is 0 Å². The molecule has 1 unspecified atom stereocenters. The van der Waals surface area contributed by atoms with Crippen molar-refractivity contribution in [3.8, 4) is 0 Å². The molecule has 0 aliphatic rings. The number of aryl methyl sites for hydroxylation is 1. The maximum atomic E-state index is 4.25. The van der Waals surface area contributed by atoms with Gasteiger partial charge in [0.15, 0.2) is 0 Å². The van der Waals surface area contributed by atoms with Gasteiger partial charge in [0, 0.05) is 18.4 Å². The Labute approximate surface area is 106 Å². The summed E-state index contributed by atoms with van der Waals surface area (Å²) in [7, 11) is 0. The Balaban J connectivity index is 2.75. The van der Waals surface area contributed by atoms with Gasteiger partial charge in [0.25, 0.3) is 0 Å². The van der Waals surface area contributed by atoms with Gasteiger partial charge in [-0.25, -0.2) is 0 Å². The lowest BCUT2D eigenvalue weighted by atomic mass is 9.87. The molecule has 0 spiro atoms.